The second kappa shape index (κ2) is 5.36. The first-order valence-electron chi connectivity index (χ1n) is 5.77. The van der Waals surface area contributed by atoms with E-state index in [4.69, 9.17) is 4.74 Å². The first kappa shape index (κ1) is 12.2. The molecule has 2 aromatic rings. The standard InChI is InChI=1S/C15H15NO2/c1-11-7-6-8-12(2)14(11)16-15(17)18-13-9-4-3-5-10-13/h3-10H,1-2H3,(H,16,17). The third kappa shape index (κ3) is 2.88. The molecule has 0 aromatic heterocycles. The molecule has 0 saturated carbocycles. The predicted molar refractivity (Wildman–Crippen MR) is 72.0 cm³/mol. The van der Waals surface area contributed by atoms with Gasteiger partial charge in [-0.2, -0.15) is 0 Å². The molecule has 1 N–H and O–H groups in total. The summed E-state index contributed by atoms with van der Waals surface area (Å²) in [6.45, 7) is 3.90. The summed E-state index contributed by atoms with van der Waals surface area (Å²) in [4.78, 5) is 11.8. The molecular weight excluding hydrogens is 226 g/mol. The fraction of sp³-hybridized carbons (Fsp3) is 0.133. The third-order valence-corrected chi connectivity index (χ3v) is 2.66. The molecule has 0 saturated heterocycles. The minimum absolute atomic E-state index is 0.474. The number of hydrogen-bond acceptors (Lipinski definition) is 2. The molecule has 0 aliphatic rings. The van der Waals surface area contributed by atoms with Crippen LogP contribution in [0.25, 0.3) is 0 Å². The second-order valence-electron chi connectivity index (χ2n) is 4.09. The minimum Gasteiger partial charge on any atom is -0.410 e. The predicted octanol–water partition coefficient (Wildman–Crippen LogP) is 3.91. The van der Waals surface area contributed by atoms with Gasteiger partial charge in [0.15, 0.2) is 0 Å². The van der Waals surface area contributed by atoms with Gasteiger partial charge in [-0.15, -0.1) is 0 Å². The van der Waals surface area contributed by atoms with Gasteiger partial charge in [0.2, 0.25) is 0 Å². The molecule has 0 unspecified atom stereocenters. The molecule has 0 aliphatic heterocycles. The van der Waals surface area contributed by atoms with Crippen molar-refractivity contribution in [2.45, 2.75) is 13.8 Å². The van der Waals surface area contributed by atoms with Crippen molar-refractivity contribution < 1.29 is 9.53 Å². The van der Waals surface area contributed by atoms with E-state index in [2.05, 4.69) is 5.32 Å². The quantitative estimate of drug-likeness (QED) is 0.865. The van der Waals surface area contributed by atoms with Crippen LogP contribution in [0.15, 0.2) is 48.5 Å². The van der Waals surface area contributed by atoms with Gasteiger partial charge in [-0.05, 0) is 37.1 Å². The average molecular weight is 241 g/mol. The van der Waals surface area contributed by atoms with E-state index in [1.54, 1.807) is 12.1 Å². The number of carbonyl (C=O) groups excluding carboxylic acids is 1. The fourth-order valence-corrected chi connectivity index (χ4v) is 1.73. The summed E-state index contributed by atoms with van der Waals surface area (Å²) in [7, 11) is 0. The summed E-state index contributed by atoms with van der Waals surface area (Å²) in [5, 5.41) is 2.77. The van der Waals surface area contributed by atoms with Crippen molar-refractivity contribution in [2.75, 3.05) is 5.32 Å². The van der Waals surface area contributed by atoms with Crippen molar-refractivity contribution in [2.24, 2.45) is 0 Å². The van der Waals surface area contributed by atoms with E-state index in [9.17, 15) is 4.79 Å². The Morgan fingerprint density at radius 3 is 2.17 bits per heavy atom. The van der Waals surface area contributed by atoms with Crippen LogP contribution < -0.4 is 10.1 Å². The number of carbonyl (C=O) groups is 1. The molecule has 18 heavy (non-hydrogen) atoms. The van der Waals surface area contributed by atoms with E-state index in [0.29, 0.717) is 5.75 Å². The molecule has 0 spiro atoms. The van der Waals surface area contributed by atoms with Gasteiger partial charge < -0.3 is 4.74 Å². The zero-order valence-electron chi connectivity index (χ0n) is 10.4. The lowest BCUT2D eigenvalue weighted by molar-refractivity contribution is 0.215. The highest BCUT2D eigenvalue weighted by molar-refractivity contribution is 5.88. The number of anilines is 1. The lowest BCUT2D eigenvalue weighted by Gasteiger charge is -2.11. The Bertz CT molecular complexity index is 529. The Kier molecular flexibility index (Phi) is 3.63. The van der Waals surface area contributed by atoms with E-state index in [0.717, 1.165) is 16.8 Å². The van der Waals surface area contributed by atoms with Crippen LogP contribution >= 0.6 is 0 Å². The highest BCUT2D eigenvalue weighted by Gasteiger charge is 2.08. The van der Waals surface area contributed by atoms with Crippen molar-refractivity contribution in [1.29, 1.82) is 0 Å². The minimum atomic E-state index is -0.474. The smallest absolute Gasteiger partial charge is 0.410 e. The van der Waals surface area contributed by atoms with Crippen molar-refractivity contribution in [3.63, 3.8) is 0 Å². The number of nitrogens with one attached hydrogen (secondary N) is 1. The van der Waals surface area contributed by atoms with Crippen LogP contribution in [0.2, 0.25) is 0 Å². The van der Waals surface area contributed by atoms with Crippen molar-refractivity contribution in [1.82, 2.24) is 0 Å². The van der Waals surface area contributed by atoms with Crippen LogP contribution in [0.5, 0.6) is 5.75 Å². The Labute approximate surface area is 106 Å². The summed E-state index contributed by atoms with van der Waals surface area (Å²) in [5.74, 6) is 0.529. The summed E-state index contributed by atoms with van der Waals surface area (Å²) in [6, 6.07) is 14.8. The number of ether oxygens (including phenoxy) is 1. The molecule has 0 fully saturated rings. The zero-order chi connectivity index (χ0) is 13.0. The van der Waals surface area contributed by atoms with Gasteiger partial charge in [0.25, 0.3) is 0 Å². The van der Waals surface area contributed by atoms with E-state index in [-0.39, 0.29) is 0 Å². The number of aryl methyl sites for hydroxylation is 2. The van der Waals surface area contributed by atoms with Gasteiger partial charge in [-0.25, -0.2) is 4.79 Å². The third-order valence-electron chi connectivity index (χ3n) is 2.66. The molecule has 2 rings (SSSR count). The van der Waals surface area contributed by atoms with Gasteiger partial charge in [0.1, 0.15) is 5.75 Å². The van der Waals surface area contributed by atoms with Crippen LogP contribution in [-0.4, -0.2) is 6.09 Å². The van der Waals surface area contributed by atoms with E-state index in [1.807, 2.05) is 50.2 Å². The normalized spacial score (nSPS) is 9.89. The lowest BCUT2D eigenvalue weighted by Crippen LogP contribution is -2.18. The van der Waals surface area contributed by atoms with Gasteiger partial charge >= 0.3 is 6.09 Å². The molecule has 3 nitrogen and oxygen atoms in total. The molecule has 1 amide bonds. The van der Waals surface area contributed by atoms with Gasteiger partial charge in [0.05, 0.1) is 0 Å². The molecular formula is C15H15NO2. The molecule has 0 aliphatic carbocycles. The van der Waals surface area contributed by atoms with Gasteiger partial charge in [0, 0.05) is 5.69 Å². The first-order valence-corrected chi connectivity index (χ1v) is 5.77. The molecule has 3 heteroatoms. The Morgan fingerprint density at radius 1 is 0.944 bits per heavy atom. The van der Waals surface area contributed by atoms with Gasteiger partial charge in [-0.1, -0.05) is 36.4 Å². The fourth-order valence-electron chi connectivity index (χ4n) is 1.73. The van der Waals surface area contributed by atoms with Crippen LogP contribution in [0.3, 0.4) is 0 Å². The van der Waals surface area contributed by atoms with Crippen LogP contribution in [-0.2, 0) is 0 Å². The molecule has 2 aromatic carbocycles. The summed E-state index contributed by atoms with van der Waals surface area (Å²) in [6.07, 6.45) is -0.474. The second-order valence-corrected chi connectivity index (χ2v) is 4.09. The van der Waals surface area contributed by atoms with Crippen molar-refractivity contribution in [3.05, 3.63) is 59.7 Å². The van der Waals surface area contributed by atoms with Crippen LogP contribution in [0.4, 0.5) is 10.5 Å². The summed E-state index contributed by atoms with van der Waals surface area (Å²) < 4.78 is 5.18. The van der Waals surface area contributed by atoms with Crippen molar-refractivity contribution >= 4 is 11.8 Å². The van der Waals surface area contributed by atoms with E-state index < -0.39 is 6.09 Å². The SMILES string of the molecule is Cc1cccc(C)c1NC(=O)Oc1ccccc1. The molecule has 0 bridgehead atoms. The zero-order valence-corrected chi connectivity index (χ0v) is 10.4. The number of rotatable bonds is 2. The first-order chi connectivity index (χ1) is 8.66. The van der Waals surface area contributed by atoms with Crippen LogP contribution in [0.1, 0.15) is 11.1 Å². The lowest BCUT2D eigenvalue weighted by atomic mass is 10.1. The molecule has 0 radical (unpaired) electrons. The Hall–Kier alpha value is -2.29. The topological polar surface area (TPSA) is 38.3 Å². The Morgan fingerprint density at radius 2 is 1.56 bits per heavy atom. The molecule has 0 atom stereocenters. The molecule has 0 heterocycles. The average Bonchev–Trinajstić information content (AvgIpc) is 2.35. The number of amides is 1. The van der Waals surface area contributed by atoms with E-state index >= 15 is 0 Å². The molecule has 92 valence electrons. The maximum absolute atomic E-state index is 11.8. The Balaban J connectivity index is 2.08. The number of hydrogen-bond donors (Lipinski definition) is 1. The van der Waals surface area contributed by atoms with Crippen LogP contribution in [0, 0.1) is 13.8 Å². The highest BCUT2D eigenvalue weighted by Crippen LogP contribution is 2.20. The highest BCUT2D eigenvalue weighted by atomic mass is 16.6. The van der Waals surface area contributed by atoms with E-state index in [1.165, 1.54) is 0 Å². The largest absolute Gasteiger partial charge is 0.417 e. The summed E-state index contributed by atoms with van der Waals surface area (Å²) in [5.41, 5.74) is 2.83. The maximum Gasteiger partial charge on any atom is 0.417 e. The monoisotopic (exact) mass is 241 g/mol. The van der Waals surface area contributed by atoms with Crippen molar-refractivity contribution in [3.8, 4) is 5.75 Å². The van der Waals surface area contributed by atoms with Gasteiger partial charge in [-0.3, -0.25) is 5.32 Å². The number of para-hydroxylation sites is 2. The summed E-state index contributed by atoms with van der Waals surface area (Å²) >= 11 is 0. The maximum atomic E-state index is 11.8. The number of benzene rings is 2.